The maximum atomic E-state index is 5.85. The highest BCUT2D eigenvalue weighted by molar-refractivity contribution is 5.98. The summed E-state index contributed by atoms with van der Waals surface area (Å²) in [5.41, 5.74) is 8.96. The lowest BCUT2D eigenvalue weighted by atomic mass is 10.0. The molecule has 0 aliphatic rings. The van der Waals surface area contributed by atoms with Gasteiger partial charge in [0.25, 0.3) is 0 Å². The largest absolute Gasteiger partial charge is 0.383 e. The number of anilines is 1. The third kappa shape index (κ3) is 1.61. The predicted octanol–water partition coefficient (Wildman–Crippen LogP) is 2.88. The number of para-hydroxylation sites is 1. The van der Waals surface area contributed by atoms with E-state index in [0.717, 1.165) is 22.0 Å². The number of nitrogen functional groups attached to an aromatic ring is 1. The van der Waals surface area contributed by atoms with E-state index in [0.29, 0.717) is 5.82 Å². The fraction of sp³-hybridized carbons (Fsp3) is 0. The second-order valence-electron chi connectivity index (χ2n) is 3.83. The molecule has 0 radical (unpaired) electrons. The van der Waals surface area contributed by atoms with Crippen molar-refractivity contribution in [2.24, 2.45) is 0 Å². The van der Waals surface area contributed by atoms with Gasteiger partial charge in [0.2, 0.25) is 0 Å². The van der Waals surface area contributed by atoms with Crippen molar-refractivity contribution in [3.63, 3.8) is 0 Å². The van der Waals surface area contributed by atoms with Gasteiger partial charge in [-0.3, -0.25) is 0 Å². The Morgan fingerprint density at radius 2 is 1.65 bits per heavy atom. The van der Waals surface area contributed by atoms with Gasteiger partial charge in [-0.15, -0.1) is 0 Å². The summed E-state index contributed by atoms with van der Waals surface area (Å²) in [6, 6.07) is 16.1. The fourth-order valence-corrected chi connectivity index (χ4v) is 1.96. The third-order valence-electron chi connectivity index (χ3n) is 2.78. The molecule has 3 aromatic rings. The van der Waals surface area contributed by atoms with Gasteiger partial charge in [-0.25, -0.2) is 9.97 Å². The molecular formula is C14H11N3. The summed E-state index contributed by atoms with van der Waals surface area (Å²) in [5, 5.41) is 0.897. The van der Waals surface area contributed by atoms with Gasteiger partial charge in [-0.05, 0) is 11.6 Å². The van der Waals surface area contributed by atoms with E-state index >= 15 is 0 Å². The van der Waals surface area contributed by atoms with E-state index in [-0.39, 0.29) is 0 Å². The van der Waals surface area contributed by atoms with E-state index in [1.807, 2.05) is 36.4 Å². The molecule has 0 amide bonds. The Labute approximate surface area is 98.9 Å². The third-order valence-corrected chi connectivity index (χ3v) is 2.78. The Balaban J connectivity index is 2.35. The Morgan fingerprint density at radius 3 is 2.47 bits per heavy atom. The smallest absolute Gasteiger partial charge is 0.134 e. The number of nitrogens with two attached hydrogens (primary N) is 1. The molecule has 2 aromatic carbocycles. The summed E-state index contributed by atoms with van der Waals surface area (Å²) in [6.45, 7) is 0. The maximum absolute atomic E-state index is 5.85. The van der Waals surface area contributed by atoms with Gasteiger partial charge in [-0.2, -0.15) is 0 Å². The van der Waals surface area contributed by atoms with Gasteiger partial charge in [0, 0.05) is 10.9 Å². The molecule has 17 heavy (non-hydrogen) atoms. The molecule has 0 bridgehead atoms. The number of fused-ring (bicyclic) bond motifs is 1. The van der Waals surface area contributed by atoms with Crippen molar-refractivity contribution < 1.29 is 0 Å². The van der Waals surface area contributed by atoms with Gasteiger partial charge in [0.1, 0.15) is 12.1 Å². The number of nitrogens with zero attached hydrogens (tertiary/aromatic N) is 2. The molecule has 0 spiro atoms. The first-order chi connectivity index (χ1) is 8.36. The zero-order valence-electron chi connectivity index (χ0n) is 9.17. The fourth-order valence-electron chi connectivity index (χ4n) is 1.96. The lowest BCUT2D eigenvalue weighted by Gasteiger charge is -2.06. The monoisotopic (exact) mass is 221 g/mol. The van der Waals surface area contributed by atoms with Gasteiger partial charge < -0.3 is 5.73 Å². The predicted molar refractivity (Wildman–Crippen MR) is 69.4 cm³/mol. The Bertz CT molecular complexity index is 663. The highest BCUT2D eigenvalue weighted by Crippen LogP contribution is 2.28. The highest BCUT2D eigenvalue weighted by Gasteiger charge is 2.06. The van der Waals surface area contributed by atoms with Crippen molar-refractivity contribution in [2.75, 3.05) is 5.73 Å². The minimum Gasteiger partial charge on any atom is -0.383 e. The van der Waals surface area contributed by atoms with Crippen LogP contribution in [-0.2, 0) is 0 Å². The van der Waals surface area contributed by atoms with Gasteiger partial charge in [0.15, 0.2) is 0 Å². The Morgan fingerprint density at radius 1 is 0.824 bits per heavy atom. The van der Waals surface area contributed by atoms with E-state index < -0.39 is 0 Å². The first-order valence-electron chi connectivity index (χ1n) is 5.41. The second kappa shape index (κ2) is 3.87. The molecule has 0 saturated carbocycles. The number of hydrogen-bond donors (Lipinski definition) is 1. The molecular weight excluding hydrogens is 210 g/mol. The van der Waals surface area contributed by atoms with E-state index in [4.69, 9.17) is 5.73 Å². The van der Waals surface area contributed by atoms with Crippen LogP contribution in [0.3, 0.4) is 0 Å². The second-order valence-corrected chi connectivity index (χ2v) is 3.83. The van der Waals surface area contributed by atoms with Crippen molar-refractivity contribution in [3.8, 4) is 11.1 Å². The van der Waals surface area contributed by atoms with Crippen LogP contribution in [0.5, 0.6) is 0 Å². The van der Waals surface area contributed by atoms with Crippen LogP contribution in [0.4, 0.5) is 5.82 Å². The molecule has 2 N–H and O–H groups in total. The average molecular weight is 221 g/mol. The summed E-state index contributed by atoms with van der Waals surface area (Å²) in [6.07, 6.45) is 1.50. The topological polar surface area (TPSA) is 51.8 Å². The minimum absolute atomic E-state index is 0.521. The molecule has 0 saturated heterocycles. The quantitative estimate of drug-likeness (QED) is 0.687. The zero-order valence-corrected chi connectivity index (χ0v) is 9.17. The van der Waals surface area contributed by atoms with Gasteiger partial charge in [0.05, 0.1) is 5.52 Å². The van der Waals surface area contributed by atoms with Crippen LogP contribution < -0.4 is 5.73 Å². The van der Waals surface area contributed by atoms with Crippen molar-refractivity contribution in [1.82, 2.24) is 9.97 Å². The SMILES string of the molecule is Nc1ncnc2c(-c3ccccc3)cccc12. The number of rotatable bonds is 1. The molecule has 3 rings (SSSR count). The molecule has 1 heterocycles. The average Bonchev–Trinajstić information content (AvgIpc) is 2.40. The molecule has 0 aliphatic heterocycles. The van der Waals surface area contributed by atoms with Crippen molar-refractivity contribution in [2.45, 2.75) is 0 Å². The number of aromatic nitrogens is 2. The van der Waals surface area contributed by atoms with Crippen LogP contribution in [0.2, 0.25) is 0 Å². The molecule has 3 heteroatoms. The first-order valence-corrected chi connectivity index (χ1v) is 5.41. The van der Waals surface area contributed by atoms with Crippen LogP contribution in [-0.4, -0.2) is 9.97 Å². The van der Waals surface area contributed by atoms with Crippen molar-refractivity contribution in [3.05, 3.63) is 54.9 Å². The Kier molecular flexibility index (Phi) is 2.22. The summed E-state index contributed by atoms with van der Waals surface area (Å²) < 4.78 is 0. The van der Waals surface area contributed by atoms with Crippen LogP contribution in [0.1, 0.15) is 0 Å². The highest BCUT2D eigenvalue weighted by atomic mass is 14.9. The van der Waals surface area contributed by atoms with E-state index in [9.17, 15) is 0 Å². The summed E-state index contributed by atoms with van der Waals surface area (Å²) in [7, 11) is 0. The van der Waals surface area contributed by atoms with Crippen LogP contribution >= 0.6 is 0 Å². The summed E-state index contributed by atoms with van der Waals surface area (Å²) in [4.78, 5) is 8.34. The maximum Gasteiger partial charge on any atom is 0.134 e. The van der Waals surface area contributed by atoms with Crippen LogP contribution in [0.25, 0.3) is 22.0 Å². The molecule has 0 fully saturated rings. The van der Waals surface area contributed by atoms with Crippen LogP contribution in [0, 0.1) is 0 Å². The Hall–Kier alpha value is -2.42. The zero-order chi connectivity index (χ0) is 11.7. The summed E-state index contributed by atoms with van der Waals surface area (Å²) >= 11 is 0. The normalized spacial score (nSPS) is 10.6. The van der Waals surface area contributed by atoms with Gasteiger partial charge in [-0.1, -0.05) is 42.5 Å². The van der Waals surface area contributed by atoms with E-state index in [1.165, 1.54) is 6.33 Å². The lowest BCUT2D eigenvalue weighted by Crippen LogP contribution is -1.94. The van der Waals surface area contributed by atoms with Gasteiger partial charge >= 0.3 is 0 Å². The van der Waals surface area contributed by atoms with E-state index in [2.05, 4.69) is 22.1 Å². The lowest BCUT2D eigenvalue weighted by molar-refractivity contribution is 1.23. The van der Waals surface area contributed by atoms with Crippen molar-refractivity contribution in [1.29, 1.82) is 0 Å². The molecule has 0 unspecified atom stereocenters. The van der Waals surface area contributed by atoms with E-state index in [1.54, 1.807) is 0 Å². The minimum atomic E-state index is 0.521. The van der Waals surface area contributed by atoms with Crippen LogP contribution in [0.15, 0.2) is 54.9 Å². The van der Waals surface area contributed by atoms with Crippen molar-refractivity contribution >= 4 is 16.7 Å². The summed E-state index contributed by atoms with van der Waals surface area (Å²) in [5.74, 6) is 0.521. The number of hydrogen-bond acceptors (Lipinski definition) is 3. The molecule has 1 aromatic heterocycles. The molecule has 0 atom stereocenters. The molecule has 82 valence electrons. The molecule has 3 nitrogen and oxygen atoms in total. The first kappa shape index (κ1) is 9.78. The molecule has 0 aliphatic carbocycles. The number of benzene rings is 2. The standard InChI is InChI=1S/C14H11N3/c15-14-12-8-4-7-11(13(12)16-9-17-14)10-5-2-1-3-6-10/h1-9H,(H2,15,16,17).